The number of hydrogen-bond acceptors (Lipinski definition) is 3. The summed E-state index contributed by atoms with van der Waals surface area (Å²) in [5, 5.41) is 13.3. The fourth-order valence-corrected chi connectivity index (χ4v) is 2.55. The molecule has 2 atom stereocenters. The molecule has 0 radical (unpaired) electrons. The molecule has 1 aliphatic heterocycles. The molecule has 2 unspecified atom stereocenters. The minimum absolute atomic E-state index is 0.0172. The maximum Gasteiger partial charge on any atom is 0.234 e. The third-order valence-corrected chi connectivity index (χ3v) is 3.97. The Hall–Kier alpha value is -1.10. The molecule has 1 saturated heterocycles. The zero-order valence-electron chi connectivity index (χ0n) is 11.7. The van der Waals surface area contributed by atoms with Gasteiger partial charge in [0.1, 0.15) is 0 Å². The van der Waals surface area contributed by atoms with Gasteiger partial charge in [0.2, 0.25) is 5.91 Å². The molecule has 0 aromatic heterocycles. The van der Waals surface area contributed by atoms with Crippen LogP contribution < -0.4 is 5.32 Å². The van der Waals surface area contributed by atoms with E-state index in [0.717, 1.165) is 25.1 Å². The Bertz CT molecular complexity index is 450. The van der Waals surface area contributed by atoms with Crippen LogP contribution in [0.3, 0.4) is 0 Å². The van der Waals surface area contributed by atoms with Crippen molar-refractivity contribution in [3.63, 3.8) is 0 Å². The van der Waals surface area contributed by atoms with Gasteiger partial charge in [-0.2, -0.15) is 0 Å². The molecule has 1 aromatic carbocycles. The molecule has 20 heavy (non-hydrogen) atoms. The zero-order chi connectivity index (χ0) is 14.5. The van der Waals surface area contributed by atoms with E-state index >= 15 is 0 Å². The summed E-state index contributed by atoms with van der Waals surface area (Å²) in [6.45, 7) is 4.48. The summed E-state index contributed by atoms with van der Waals surface area (Å²) in [7, 11) is 0. The van der Waals surface area contributed by atoms with E-state index in [1.807, 2.05) is 31.2 Å². The fourth-order valence-electron chi connectivity index (χ4n) is 2.43. The van der Waals surface area contributed by atoms with Gasteiger partial charge in [0, 0.05) is 24.7 Å². The first-order valence-corrected chi connectivity index (χ1v) is 7.34. The lowest BCUT2D eigenvalue weighted by atomic mass is 9.97. The van der Waals surface area contributed by atoms with E-state index in [0.29, 0.717) is 18.1 Å². The molecule has 2 N–H and O–H groups in total. The highest BCUT2D eigenvalue weighted by molar-refractivity contribution is 6.30. The number of nitrogens with zero attached hydrogens (tertiary/aromatic N) is 1. The molecule has 1 fully saturated rings. The summed E-state index contributed by atoms with van der Waals surface area (Å²) in [5.41, 5.74) is 1.03. The Morgan fingerprint density at radius 2 is 2.15 bits per heavy atom. The zero-order valence-corrected chi connectivity index (χ0v) is 12.4. The predicted molar refractivity (Wildman–Crippen MR) is 79.5 cm³/mol. The minimum Gasteiger partial charge on any atom is -0.393 e. The Kier molecular flexibility index (Phi) is 5.40. The summed E-state index contributed by atoms with van der Waals surface area (Å²) < 4.78 is 0. The van der Waals surface area contributed by atoms with Gasteiger partial charge < -0.3 is 10.4 Å². The lowest BCUT2D eigenvalue weighted by Gasteiger charge is -2.33. The van der Waals surface area contributed by atoms with Gasteiger partial charge in [-0.1, -0.05) is 30.7 Å². The van der Waals surface area contributed by atoms with E-state index in [1.165, 1.54) is 0 Å². The summed E-state index contributed by atoms with van der Waals surface area (Å²) >= 11 is 5.81. The molecular weight excluding hydrogens is 276 g/mol. The standard InChI is InChI=1S/C15H21ClN2O2/c1-11-9-18(7-6-14(11)19)10-15(20)17-8-12-2-4-13(16)5-3-12/h2-5,11,14,19H,6-10H2,1H3,(H,17,20). The largest absolute Gasteiger partial charge is 0.393 e. The van der Waals surface area contributed by atoms with E-state index in [1.54, 1.807) is 0 Å². The SMILES string of the molecule is CC1CN(CC(=O)NCc2ccc(Cl)cc2)CCC1O. The van der Waals surface area contributed by atoms with Gasteiger partial charge in [-0.05, 0) is 30.0 Å². The molecule has 0 spiro atoms. The topological polar surface area (TPSA) is 52.6 Å². The number of benzene rings is 1. The second-order valence-electron chi connectivity index (χ2n) is 5.47. The molecule has 1 aromatic rings. The smallest absolute Gasteiger partial charge is 0.234 e. The highest BCUT2D eigenvalue weighted by atomic mass is 35.5. The van der Waals surface area contributed by atoms with Crippen molar-refractivity contribution in [3.05, 3.63) is 34.9 Å². The van der Waals surface area contributed by atoms with E-state index in [4.69, 9.17) is 11.6 Å². The summed E-state index contributed by atoms with van der Waals surface area (Å²) in [4.78, 5) is 14.0. The lowest BCUT2D eigenvalue weighted by molar-refractivity contribution is -0.123. The molecule has 1 aliphatic rings. The van der Waals surface area contributed by atoms with Crippen LogP contribution in [-0.4, -0.2) is 41.7 Å². The normalized spacial score (nSPS) is 23.6. The second-order valence-corrected chi connectivity index (χ2v) is 5.91. The second kappa shape index (κ2) is 7.07. The van der Waals surface area contributed by atoms with Crippen LogP contribution in [-0.2, 0) is 11.3 Å². The van der Waals surface area contributed by atoms with Crippen molar-refractivity contribution in [2.45, 2.75) is 26.0 Å². The molecule has 110 valence electrons. The molecule has 1 amide bonds. The molecule has 5 heteroatoms. The van der Waals surface area contributed by atoms with Crippen LogP contribution in [0.1, 0.15) is 18.9 Å². The summed E-state index contributed by atoms with van der Waals surface area (Å²) in [6.07, 6.45) is 0.509. The van der Waals surface area contributed by atoms with Gasteiger partial charge in [0.05, 0.1) is 12.6 Å². The van der Waals surface area contributed by atoms with Crippen LogP contribution in [0, 0.1) is 5.92 Å². The monoisotopic (exact) mass is 296 g/mol. The fraction of sp³-hybridized carbons (Fsp3) is 0.533. The van der Waals surface area contributed by atoms with Gasteiger partial charge in [-0.15, -0.1) is 0 Å². The number of nitrogens with one attached hydrogen (secondary N) is 1. The lowest BCUT2D eigenvalue weighted by Crippen LogP contribution is -2.46. The third-order valence-electron chi connectivity index (χ3n) is 3.71. The number of carbonyl (C=O) groups is 1. The van der Waals surface area contributed by atoms with Crippen molar-refractivity contribution in [3.8, 4) is 0 Å². The van der Waals surface area contributed by atoms with E-state index < -0.39 is 0 Å². The van der Waals surface area contributed by atoms with Crippen LogP contribution in [0.4, 0.5) is 0 Å². The molecule has 2 rings (SSSR count). The van der Waals surface area contributed by atoms with Crippen LogP contribution in [0.2, 0.25) is 5.02 Å². The number of halogens is 1. The average Bonchev–Trinajstić information content (AvgIpc) is 2.42. The highest BCUT2D eigenvalue weighted by Gasteiger charge is 2.25. The van der Waals surface area contributed by atoms with Crippen molar-refractivity contribution in [2.24, 2.45) is 5.92 Å². The first-order chi connectivity index (χ1) is 9.54. The van der Waals surface area contributed by atoms with Crippen molar-refractivity contribution in [1.29, 1.82) is 0 Å². The first kappa shape index (κ1) is 15.3. The van der Waals surface area contributed by atoms with Gasteiger partial charge in [-0.3, -0.25) is 9.69 Å². The number of likely N-dealkylation sites (tertiary alicyclic amines) is 1. The Morgan fingerprint density at radius 1 is 1.45 bits per heavy atom. The van der Waals surface area contributed by atoms with Gasteiger partial charge in [0.25, 0.3) is 0 Å². The van der Waals surface area contributed by atoms with Crippen LogP contribution >= 0.6 is 11.6 Å². The van der Waals surface area contributed by atoms with E-state index in [2.05, 4.69) is 10.2 Å². The molecule has 0 bridgehead atoms. The number of rotatable bonds is 4. The molecular formula is C15H21ClN2O2. The summed E-state index contributed by atoms with van der Waals surface area (Å²) in [6, 6.07) is 7.44. The van der Waals surface area contributed by atoms with E-state index in [9.17, 15) is 9.90 Å². The van der Waals surface area contributed by atoms with Crippen molar-refractivity contribution in [1.82, 2.24) is 10.2 Å². The number of aliphatic hydroxyl groups excluding tert-OH is 1. The maximum absolute atomic E-state index is 11.9. The number of amides is 1. The maximum atomic E-state index is 11.9. The number of piperidine rings is 1. The molecule has 0 aliphatic carbocycles. The first-order valence-electron chi connectivity index (χ1n) is 6.96. The average molecular weight is 297 g/mol. The molecule has 4 nitrogen and oxygen atoms in total. The summed E-state index contributed by atoms with van der Waals surface area (Å²) in [5.74, 6) is 0.247. The quantitative estimate of drug-likeness (QED) is 0.888. The van der Waals surface area contributed by atoms with Crippen LogP contribution in [0.5, 0.6) is 0 Å². The third kappa shape index (κ3) is 4.47. The molecule has 0 saturated carbocycles. The highest BCUT2D eigenvalue weighted by Crippen LogP contribution is 2.16. The number of carbonyl (C=O) groups excluding carboxylic acids is 1. The van der Waals surface area contributed by atoms with Crippen LogP contribution in [0.15, 0.2) is 24.3 Å². The van der Waals surface area contributed by atoms with Gasteiger partial charge in [0.15, 0.2) is 0 Å². The van der Waals surface area contributed by atoms with Crippen LogP contribution in [0.25, 0.3) is 0 Å². The minimum atomic E-state index is -0.233. The van der Waals surface area contributed by atoms with Gasteiger partial charge >= 0.3 is 0 Å². The van der Waals surface area contributed by atoms with Crippen molar-refractivity contribution in [2.75, 3.05) is 19.6 Å². The molecule has 1 heterocycles. The van der Waals surface area contributed by atoms with Gasteiger partial charge in [-0.25, -0.2) is 0 Å². The number of hydrogen-bond donors (Lipinski definition) is 2. The predicted octanol–water partition coefficient (Wildman–Crippen LogP) is 1.66. The Labute approximate surface area is 124 Å². The van der Waals surface area contributed by atoms with Crippen molar-refractivity contribution >= 4 is 17.5 Å². The Morgan fingerprint density at radius 3 is 2.80 bits per heavy atom. The van der Waals surface area contributed by atoms with E-state index in [-0.39, 0.29) is 17.9 Å². The number of aliphatic hydroxyl groups is 1. The van der Waals surface area contributed by atoms with Crippen molar-refractivity contribution < 1.29 is 9.90 Å². The Balaban J connectivity index is 1.74.